The molecule has 1 spiro atoms. The van der Waals surface area contributed by atoms with E-state index in [-0.39, 0.29) is 17.6 Å². The lowest BCUT2D eigenvalue weighted by atomic mass is 9.82. The summed E-state index contributed by atoms with van der Waals surface area (Å²) in [6, 6.07) is 1.56. The highest BCUT2D eigenvalue weighted by Crippen LogP contribution is 2.36. The molecule has 2 N–H and O–H groups in total. The van der Waals surface area contributed by atoms with Crippen molar-refractivity contribution >= 4 is 5.82 Å². The van der Waals surface area contributed by atoms with Crippen LogP contribution in [0.1, 0.15) is 51.3 Å². The molecule has 3 rings (SSSR count). The van der Waals surface area contributed by atoms with Gasteiger partial charge >= 0.3 is 0 Å². The number of hydrogen-bond acceptors (Lipinski definition) is 5. The fourth-order valence-corrected chi connectivity index (χ4v) is 3.40. The van der Waals surface area contributed by atoms with Crippen molar-refractivity contribution in [3.8, 4) is 0 Å². The van der Waals surface area contributed by atoms with Crippen LogP contribution in [0.2, 0.25) is 0 Å². The normalized spacial score (nSPS) is 24.9. The topological polar surface area (TPSA) is 78.5 Å². The summed E-state index contributed by atoms with van der Waals surface area (Å²) >= 11 is 0. The number of piperidine rings is 1. The Morgan fingerprint density at radius 1 is 1.45 bits per heavy atom. The Hall–Kier alpha value is -1.40. The Morgan fingerprint density at radius 2 is 2.18 bits per heavy atom. The molecule has 2 aliphatic heterocycles. The van der Waals surface area contributed by atoms with Crippen molar-refractivity contribution in [2.45, 2.75) is 57.2 Å². The molecule has 6 nitrogen and oxygen atoms in total. The van der Waals surface area contributed by atoms with E-state index in [1.165, 1.54) is 0 Å². The van der Waals surface area contributed by atoms with Crippen molar-refractivity contribution in [2.75, 3.05) is 24.6 Å². The van der Waals surface area contributed by atoms with Crippen molar-refractivity contribution in [3.05, 3.63) is 22.2 Å². The summed E-state index contributed by atoms with van der Waals surface area (Å²) in [5, 5.41) is 10.3. The van der Waals surface area contributed by atoms with E-state index in [2.05, 4.69) is 14.9 Å². The second kappa shape index (κ2) is 6.01. The summed E-state index contributed by atoms with van der Waals surface area (Å²) in [6.45, 7) is 6.27. The number of nitrogens with zero attached hydrogens (tertiary/aromatic N) is 2. The molecule has 0 bridgehead atoms. The maximum atomic E-state index is 11.8. The summed E-state index contributed by atoms with van der Waals surface area (Å²) in [5.74, 6) is 1.64. The highest BCUT2D eigenvalue weighted by Gasteiger charge is 2.43. The number of H-pyrrole nitrogens is 1. The van der Waals surface area contributed by atoms with Gasteiger partial charge in [0, 0.05) is 31.7 Å². The monoisotopic (exact) mass is 307 g/mol. The quantitative estimate of drug-likeness (QED) is 0.863. The lowest BCUT2D eigenvalue weighted by Gasteiger charge is -2.47. The minimum absolute atomic E-state index is 0.108. The number of rotatable bonds is 2. The maximum Gasteiger partial charge on any atom is 0.252 e. The first-order chi connectivity index (χ1) is 10.5. The van der Waals surface area contributed by atoms with E-state index < -0.39 is 5.60 Å². The van der Waals surface area contributed by atoms with E-state index in [0.717, 1.165) is 57.0 Å². The number of hydrogen-bond donors (Lipinski definition) is 2. The molecule has 0 unspecified atom stereocenters. The third-order valence-electron chi connectivity index (χ3n) is 4.85. The number of ether oxygens (including phenoxy) is 1. The molecule has 0 aliphatic carbocycles. The van der Waals surface area contributed by atoms with Gasteiger partial charge in [0.2, 0.25) is 0 Å². The first-order valence-electron chi connectivity index (χ1n) is 8.18. The molecule has 2 fully saturated rings. The largest absolute Gasteiger partial charge is 0.390 e. The zero-order valence-corrected chi connectivity index (χ0v) is 13.3. The number of aliphatic hydroxyl groups excluding tert-OH is 1. The van der Waals surface area contributed by atoms with Crippen LogP contribution in [0.5, 0.6) is 0 Å². The van der Waals surface area contributed by atoms with E-state index in [9.17, 15) is 9.90 Å². The smallest absolute Gasteiger partial charge is 0.252 e. The molecule has 0 radical (unpaired) electrons. The van der Waals surface area contributed by atoms with Crippen LogP contribution < -0.4 is 10.5 Å². The average Bonchev–Trinajstić information content (AvgIpc) is 2.50. The van der Waals surface area contributed by atoms with Gasteiger partial charge in [0.15, 0.2) is 0 Å². The highest BCUT2D eigenvalue weighted by molar-refractivity contribution is 5.38. The molecule has 2 saturated heterocycles. The lowest BCUT2D eigenvalue weighted by Crippen LogP contribution is -2.55. The lowest BCUT2D eigenvalue weighted by molar-refractivity contribution is -0.164. The van der Waals surface area contributed by atoms with Crippen molar-refractivity contribution in [2.24, 2.45) is 0 Å². The van der Waals surface area contributed by atoms with Crippen LogP contribution in [0.3, 0.4) is 0 Å². The molecule has 22 heavy (non-hydrogen) atoms. The minimum Gasteiger partial charge on any atom is -0.390 e. The van der Waals surface area contributed by atoms with Gasteiger partial charge in [0.05, 0.1) is 11.7 Å². The minimum atomic E-state index is -0.392. The van der Waals surface area contributed by atoms with Crippen molar-refractivity contribution in [1.82, 2.24) is 9.97 Å². The molecule has 6 heteroatoms. The van der Waals surface area contributed by atoms with Crippen molar-refractivity contribution in [1.29, 1.82) is 0 Å². The summed E-state index contributed by atoms with van der Waals surface area (Å²) in [6.07, 6.45) is 2.93. The van der Waals surface area contributed by atoms with Gasteiger partial charge in [-0.25, -0.2) is 4.98 Å². The molecule has 122 valence electrons. The van der Waals surface area contributed by atoms with E-state index in [4.69, 9.17) is 4.74 Å². The summed E-state index contributed by atoms with van der Waals surface area (Å²) in [7, 11) is 0. The van der Waals surface area contributed by atoms with E-state index in [1.807, 2.05) is 13.8 Å². The summed E-state index contributed by atoms with van der Waals surface area (Å²) < 4.78 is 5.92. The SMILES string of the molecule is CC(C)c1nc(N2CCC3(CC2)OCCC[C@@H]3O)cc(=O)[nH]1. The van der Waals surface area contributed by atoms with Crippen LogP contribution in [0.25, 0.3) is 0 Å². The highest BCUT2D eigenvalue weighted by atomic mass is 16.5. The molecule has 0 aromatic carbocycles. The molecular formula is C16H25N3O3. The van der Waals surface area contributed by atoms with Crippen molar-refractivity contribution < 1.29 is 9.84 Å². The Morgan fingerprint density at radius 3 is 2.82 bits per heavy atom. The van der Waals surface area contributed by atoms with Gasteiger partial charge in [-0.05, 0) is 25.7 Å². The third-order valence-corrected chi connectivity index (χ3v) is 4.85. The molecule has 0 amide bonds. The van der Waals surface area contributed by atoms with Crippen LogP contribution in [-0.4, -0.2) is 46.5 Å². The summed E-state index contributed by atoms with van der Waals surface area (Å²) in [4.78, 5) is 21.3. The fourth-order valence-electron chi connectivity index (χ4n) is 3.40. The second-order valence-corrected chi connectivity index (χ2v) is 6.70. The van der Waals surface area contributed by atoms with Crippen molar-refractivity contribution in [3.63, 3.8) is 0 Å². The van der Waals surface area contributed by atoms with Gasteiger partial charge in [-0.1, -0.05) is 13.8 Å². The van der Waals surface area contributed by atoms with Crippen LogP contribution in [0, 0.1) is 0 Å². The zero-order chi connectivity index (χ0) is 15.7. The predicted octanol–water partition coefficient (Wildman–Crippen LogP) is 1.40. The molecule has 1 atom stereocenters. The second-order valence-electron chi connectivity index (χ2n) is 6.70. The van der Waals surface area contributed by atoms with Crippen LogP contribution >= 0.6 is 0 Å². The number of aliphatic hydroxyl groups is 1. The standard InChI is InChI=1S/C16H25N3O3/c1-11(2)15-17-13(10-14(21)18-15)19-7-5-16(6-8-19)12(20)4-3-9-22-16/h10-12,20H,3-9H2,1-2H3,(H,17,18,21)/t12-/m0/s1. The zero-order valence-electron chi connectivity index (χ0n) is 13.3. The Balaban J connectivity index is 1.75. The van der Waals surface area contributed by atoms with Gasteiger partial charge in [0.25, 0.3) is 5.56 Å². The molecular weight excluding hydrogens is 282 g/mol. The third kappa shape index (κ3) is 2.90. The van der Waals surface area contributed by atoms with Gasteiger partial charge in [-0.15, -0.1) is 0 Å². The number of aromatic nitrogens is 2. The molecule has 1 aromatic heterocycles. The Labute approximate surface area is 130 Å². The maximum absolute atomic E-state index is 11.8. The first kappa shape index (κ1) is 15.5. The Bertz CT molecular complexity index is 576. The van der Waals surface area contributed by atoms with Crippen LogP contribution in [0.15, 0.2) is 10.9 Å². The van der Waals surface area contributed by atoms with Gasteiger partial charge < -0.3 is 19.7 Å². The van der Waals surface area contributed by atoms with Gasteiger partial charge in [-0.3, -0.25) is 4.79 Å². The van der Waals surface area contributed by atoms with Gasteiger partial charge in [0.1, 0.15) is 11.6 Å². The average molecular weight is 307 g/mol. The molecule has 3 heterocycles. The van der Waals surface area contributed by atoms with E-state index in [1.54, 1.807) is 6.07 Å². The molecule has 2 aliphatic rings. The number of aromatic amines is 1. The molecule has 0 saturated carbocycles. The number of anilines is 1. The van der Waals surface area contributed by atoms with Crippen LogP contribution in [0.4, 0.5) is 5.82 Å². The molecule has 1 aromatic rings. The predicted molar refractivity (Wildman–Crippen MR) is 84.3 cm³/mol. The first-order valence-corrected chi connectivity index (χ1v) is 8.18. The Kier molecular flexibility index (Phi) is 4.23. The summed E-state index contributed by atoms with van der Waals surface area (Å²) in [5.41, 5.74) is -0.500. The number of nitrogens with one attached hydrogen (secondary N) is 1. The van der Waals surface area contributed by atoms with Gasteiger partial charge in [-0.2, -0.15) is 0 Å². The fraction of sp³-hybridized carbons (Fsp3) is 0.750. The van der Waals surface area contributed by atoms with E-state index in [0.29, 0.717) is 0 Å². The van der Waals surface area contributed by atoms with Crippen LogP contribution in [-0.2, 0) is 4.74 Å². The van der Waals surface area contributed by atoms with E-state index >= 15 is 0 Å².